The highest BCUT2D eigenvalue weighted by Crippen LogP contribution is 2.29. The molecule has 102 valence electrons. The summed E-state index contributed by atoms with van der Waals surface area (Å²) in [5.41, 5.74) is -0.244. The van der Waals surface area contributed by atoms with Gasteiger partial charge in [0.05, 0.1) is 12.1 Å². The lowest BCUT2D eigenvalue weighted by molar-refractivity contribution is -0.137. The molecule has 0 aliphatic carbocycles. The number of alkyl halides is 3. The van der Waals surface area contributed by atoms with Gasteiger partial charge in [-0.25, -0.2) is 0 Å². The molecule has 2 rings (SSSR count). The van der Waals surface area contributed by atoms with Crippen molar-refractivity contribution < 1.29 is 13.2 Å². The van der Waals surface area contributed by atoms with Gasteiger partial charge in [-0.3, -0.25) is 4.90 Å². The fourth-order valence-corrected chi connectivity index (χ4v) is 1.90. The maximum Gasteiger partial charge on any atom is 0.416 e. The number of hydrogen-bond donors (Lipinski definition) is 1. The fourth-order valence-electron chi connectivity index (χ4n) is 1.90. The van der Waals surface area contributed by atoms with E-state index in [1.54, 1.807) is 6.07 Å². The second-order valence-corrected chi connectivity index (χ2v) is 4.41. The highest BCUT2D eigenvalue weighted by molar-refractivity contribution is 5.38. The molecule has 1 aromatic rings. The van der Waals surface area contributed by atoms with E-state index in [0.29, 0.717) is 12.1 Å². The Morgan fingerprint density at radius 2 is 1.95 bits per heavy atom. The SMILES string of the molecule is FC(F)(F)c1cccc(C#CCN2CCNCC2)c1. The Morgan fingerprint density at radius 1 is 1.21 bits per heavy atom. The maximum absolute atomic E-state index is 12.5. The molecule has 1 fully saturated rings. The second-order valence-electron chi connectivity index (χ2n) is 4.41. The van der Waals surface area contributed by atoms with Crippen molar-refractivity contribution in [2.24, 2.45) is 0 Å². The standard InChI is InChI=1S/C14H15F3N2/c15-14(16,17)13-5-1-3-12(11-13)4-2-8-19-9-6-18-7-10-19/h1,3,5,11,18H,6-10H2. The summed E-state index contributed by atoms with van der Waals surface area (Å²) in [5, 5.41) is 3.23. The summed E-state index contributed by atoms with van der Waals surface area (Å²) in [6.45, 7) is 4.32. The molecule has 0 amide bonds. The summed E-state index contributed by atoms with van der Waals surface area (Å²) in [6, 6.07) is 5.13. The molecular formula is C14H15F3N2. The smallest absolute Gasteiger partial charge is 0.314 e. The van der Waals surface area contributed by atoms with E-state index in [9.17, 15) is 13.2 Å². The first kappa shape index (κ1) is 13.9. The number of benzene rings is 1. The van der Waals surface area contributed by atoms with Crippen molar-refractivity contribution in [2.45, 2.75) is 6.18 Å². The molecule has 1 aliphatic heterocycles. The number of hydrogen-bond acceptors (Lipinski definition) is 2. The molecule has 1 saturated heterocycles. The zero-order chi connectivity index (χ0) is 13.7. The van der Waals surface area contributed by atoms with E-state index >= 15 is 0 Å². The van der Waals surface area contributed by atoms with Crippen LogP contribution < -0.4 is 5.32 Å². The van der Waals surface area contributed by atoms with Crippen LogP contribution in [0.1, 0.15) is 11.1 Å². The minimum atomic E-state index is -4.31. The van der Waals surface area contributed by atoms with Crippen molar-refractivity contribution in [2.75, 3.05) is 32.7 Å². The summed E-state index contributed by atoms with van der Waals surface area (Å²) in [7, 11) is 0. The Balaban J connectivity index is 1.99. The third-order valence-electron chi connectivity index (χ3n) is 2.93. The van der Waals surface area contributed by atoms with Gasteiger partial charge in [-0.1, -0.05) is 17.9 Å². The zero-order valence-corrected chi connectivity index (χ0v) is 10.4. The van der Waals surface area contributed by atoms with E-state index in [2.05, 4.69) is 22.1 Å². The predicted molar refractivity (Wildman–Crippen MR) is 67.6 cm³/mol. The van der Waals surface area contributed by atoms with E-state index in [0.717, 1.165) is 38.3 Å². The molecule has 0 radical (unpaired) electrons. The Hall–Kier alpha value is -1.51. The van der Waals surface area contributed by atoms with Crippen LogP contribution in [-0.4, -0.2) is 37.6 Å². The molecule has 5 heteroatoms. The number of nitrogens with one attached hydrogen (secondary N) is 1. The molecule has 1 aliphatic rings. The van der Waals surface area contributed by atoms with Crippen LogP contribution in [0.4, 0.5) is 13.2 Å². The third-order valence-corrected chi connectivity index (χ3v) is 2.93. The van der Waals surface area contributed by atoms with Gasteiger partial charge >= 0.3 is 6.18 Å². The van der Waals surface area contributed by atoms with E-state index in [1.165, 1.54) is 6.07 Å². The van der Waals surface area contributed by atoms with Gasteiger partial charge in [0.25, 0.3) is 0 Å². The average molecular weight is 268 g/mol. The van der Waals surface area contributed by atoms with Crippen LogP contribution in [0.5, 0.6) is 0 Å². The van der Waals surface area contributed by atoms with E-state index in [-0.39, 0.29) is 0 Å². The maximum atomic E-state index is 12.5. The van der Waals surface area contributed by atoms with Gasteiger partial charge in [0.1, 0.15) is 0 Å². The Kier molecular flexibility index (Phi) is 4.46. The second kappa shape index (κ2) is 6.09. The first-order valence-electron chi connectivity index (χ1n) is 6.15. The molecule has 1 N–H and O–H groups in total. The predicted octanol–water partition coefficient (Wildman–Crippen LogP) is 1.96. The summed E-state index contributed by atoms with van der Waals surface area (Å²) in [6.07, 6.45) is -4.31. The van der Waals surface area contributed by atoms with Gasteiger partial charge in [0.2, 0.25) is 0 Å². The molecule has 0 saturated carbocycles. The minimum absolute atomic E-state index is 0.407. The molecule has 1 heterocycles. The van der Waals surface area contributed by atoms with Crippen molar-refractivity contribution in [3.05, 3.63) is 35.4 Å². The van der Waals surface area contributed by atoms with Crippen molar-refractivity contribution in [3.63, 3.8) is 0 Å². The first-order valence-corrected chi connectivity index (χ1v) is 6.15. The lowest BCUT2D eigenvalue weighted by Crippen LogP contribution is -2.43. The summed E-state index contributed by atoms with van der Waals surface area (Å²) < 4.78 is 37.6. The normalized spacial score (nSPS) is 16.8. The highest BCUT2D eigenvalue weighted by Gasteiger charge is 2.30. The van der Waals surface area contributed by atoms with Gasteiger partial charge in [-0.2, -0.15) is 13.2 Å². The quantitative estimate of drug-likeness (QED) is 0.783. The van der Waals surface area contributed by atoms with Gasteiger partial charge in [-0.05, 0) is 18.2 Å². The number of halogens is 3. The molecule has 0 bridgehead atoms. The van der Waals surface area contributed by atoms with Gasteiger partial charge in [0.15, 0.2) is 0 Å². The number of nitrogens with zero attached hydrogens (tertiary/aromatic N) is 1. The van der Waals surface area contributed by atoms with Crippen molar-refractivity contribution in [3.8, 4) is 11.8 Å². The van der Waals surface area contributed by atoms with Gasteiger partial charge in [-0.15, -0.1) is 0 Å². The number of piperazine rings is 1. The van der Waals surface area contributed by atoms with Crippen LogP contribution >= 0.6 is 0 Å². The van der Waals surface area contributed by atoms with E-state index in [4.69, 9.17) is 0 Å². The van der Waals surface area contributed by atoms with Crippen molar-refractivity contribution >= 4 is 0 Å². The molecule has 0 aromatic heterocycles. The molecule has 0 unspecified atom stereocenters. The lowest BCUT2D eigenvalue weighted by Gasteiger charge is -2.24. The van der Waals surface area contributed by atoms with Crippen molar-refractivity contribution in [1.82, 2.24) is 10.2 Å². The van der Waals surface area contributed by atoms with Gasteiger partial charge in [0, 0.05) is 31.7 Å². The van der Waals surface area contributed by atoms with Crippen LogP contribution in [0.3, 0.4) is 0 Å². The monoisotopic (exact) mass is 268 g/mol. The van der Waals surface area contributed by atoms with Crippen LogP contribution in [0.25, 0.3) is 0 Å². The molecule has 0 spiro atoms. The first-order chi connectivity index (χ1) is 9.05. The van der Waals surface area contributed by atoms with Crippen LogP contribution in [0.2, 0.25) is 0 Å². The van der Waals surface area contributed by atoms with Crippen molar-refractivity contribution in [1.29, 1.82) is 0 Å². The Labute approximate surface area is 110 Å². The molecule has 1 aromatic carbocycles. The molecule has 2 nitrogen and oxygen atoms in total. The van der Waals surface area contributed by atoms with Crippen LogP contribution in [0, 0.1) is 11.8 Å². The van der Waals surface area contributed by atoms with E-state index < -0.39 is 11.7 Å². The lowest BCUT2D eigenvalue weighted by atomic mass is 10.1. The molecular weight excluding hydrogens is 253 g/mol. The highest BCUT2D eigenvalue weighted by atomic mass is 19.4. The summed E-state index contributed by atoms with van der Waals surface area (Å²) in [5.74, 6) is 5.72. The van der Waals surface area contributed by atoms with E-state index in [1.807, 2.05) is 0 Å². The summed E-state index contributed by atoms with van der Waals surface area (Å²) >= 11 is 0. The topological polar surface area (TPSA) is 15.3 Å². The minimum Gasteiger partial charge on any atom is -0.314 e. The fraction of sp³-hybridized carbons (Fsp3) is 0.429. The Morgan fingerprint density at radius 3 is 2.63 bits per heavy atom. The zero-order valence-electron chi connectivity index (χ0n) is 10.4. The molecule has 0 atom stereocenters. The average Bonchev–Trinajstić information content (AvgIpc) is 2.39. The van der Waals surface area contributed by atoms with Crippen LogP contribution in [-0.2, 0) is 6.18 Å². The summed E-state index contributed by atoms with van der Waals surface area (Å²) in [4.78, 5) is 2.18. The molecule has 19 heavy (non-hydrogen) atoms. The Bertz CT molecular complexity index is 479. The number of rotatable bonds is 1. The third kappa shape index (κ3) is 4.27. The van der Waals surface area contributed by atoms with Gasteiger partial charge < -0.3 is 5.32 Å². The van der Waals surface area contributed by atoms with Crippen LogP contribution in [0.15, 0.2) is 24.3 Å². The largest absolute Gasteiger partial charge is 0.416 e.